The van der Waals surface area contributed by atoms with Crippen LogP contribution in [0.25, 0.3) is 0 Å². The highest BCUT2D eigenvalue weighted by molar-refractivity contribution is 5.75. The van der Waals surface area contributed by atoms with Crippen LogP contribution >= 0.6 is 0 Å². The van der Waals surface area contributed by atoms with Crippen LogP contribution in [0.5, 0.6) is 11.5 Å². The fourth-order valence-electron chi connectivity index (χ4n) is 2.60. The lowest BCUT2D eigenvalue weighted by atomic mass is 10.2. The van der Waals surface area contributed by atoms with Gasteiger partial charge in [0.1, 0.15) is 29.7 Å². The Labute approximate surface area is 166 Å². The molecule has 0 bridgehead atoms. The van der Waals surface area contributed by atoms with Crippen LogP contribution in [0.15, 0.2) is 48.5 Å². The molecule has 1 aliphatic rings. The minimum Gasteiger partial charge on any atom is -0.508 e. The van der Waals surface area contributed by atoms with Crippen molar-refractivity contribution in [2.45, 2.75) is 45.4 Å². The number of phenolic OH excluding ortho intramolecular Hbond substituents is 1. The highest BCUT2D eigenvalue weighted by Gasteiger charge is 2.25. The highest BCUT2D eigenvalue weighted by Crippen LogP contribution is 2.17. The topological polar surface area (TPSA) is 91.0 Å². The van der Waals surface area contributed by atoms with E-state index in [1.807, 2.05) is 57.2 Å². The maximum absolute atomic E-state index is 11.6. The third-order valence-corrected chi connectivity index (χ3v) is 4.17. The van der Waals surface area contributed by atoms with Crippen LogP contribution in [0, 0.1) is 13.8 Å². The van der Waals surface area contributed by atoms with E-state index in [-0.39, 0.29) is 18.8 Å². The van der Waals surface area contributed by atoms with Gasteiger partial charge in [0.05, 0.1) is 13.2 Å². The average molecular weight is 387 g/mol. The number of hydrogen-bond donors (Lipinski definition) is 2. The van der Waals surface area contributed by atoms with E-state index in [2.05, 4.69) is 0 Å². The van der Waals surface area contributed by atoms with Crippen molar-refractivity contribution in [2.24, 2.45) is 5.73 Å². The normalized spacial score (nSPS) is 22.6. The quantitative estimate of drug-likeness (QED) is 0.770. The molecule has 2 aromatic carbocycles. The predicted molar refractivity (Wildman–Crippen MR) is 107 cm³/mol. The van der Waals surface area contributed by atoms with E-state index in [1.54, 1.807) is 12.1 Å². The second-order valence-electron chi connectivity index (χ2n) is 7.02. The molecule has 0 aromatic heterocycles. The molecule has 2 aromatic rings. The number of hydrogen-bond acceptors (Lipinski definition) is 6. The van der Waals surface area contributed by atoms with Crippen LogP contribution in [-0.2, 0) is 14.3 Å². The van der Waals surface area contributed by atoms with Gasteiger partial charge in [-0.2, -0.15) is 0 Å². The van der Waals surface area contributed by atoms with E-state index in [4.69, 9.17) is 25.1 Å². The van der Waals surface area contributed by atoms with Gasteiger partial charge >= 0.3 is 5.97 Å². The molecule has 1 heterocycles. The Balaban J connectivity index is 0.000000292. The molecule has 0 spiro atoms. The fraction of sp³-hybridized carbons (Fsp3) is 0.409. The molecule has 3 atom stereocenters. The largest absolute Gasteiger partial charge is 0.508 e. The minimum atomic E-state index is -0.726. The Morgan fingerprint density at radius 2 is 1.57 bits per heavy atom. The Kier molecular flexibility index (Phi) is 8.29. The average Bonchev–Trinajstić information content (AvgIpc) is 2.71. The summed E-state index contributed by atoms with van der Waals surface area (Å²) in [7, 11) is 0. The molecular weight excluding hydrogens is 358 g/mol. The number of rotatable bonds is 2. The lowest BCUT2D eigenvalue weighted by molar-refractivity contribution is -0.150. The molecule has 3 rings (SSSR count). The zero-order valence-corrected chi connectivity index (χ0v) is 16.6. The van der Waals surface area contributed by atoms with Gasteiger partial charge in [-0.25, -0.2) is 0 Å². The van der Waals surface area contributed by atoms with Crippen LogP contribution in [-0.4, -0.2) is 42.5 Å². The molecule has 1 fully saturated rings. The van der Waals surface area contributed by atoms with Crippen molar-refractivity contribution >= 4 is 5.97 Å². The second-order valence-corrected chi connectivity index (χ2v) is 7.02. The molecule has 152 valence electrons. The van der Waals surface area contributed by atoms with Gasteiger partial charge in [0.15, 0.2) is 0 Å². The van der Waals surface area contributed by atoms with Gasteiger partial charge in [0.2, 0.25) is 0 Å². The summed E-state index contributed by atoms with van der Waals surface area (Å²) < 4.78 is 16.6. The van der Waals surface area contributed by atoms with Crippen molar-refractivity contribution in [1.29, 1.82) is 0 Å². The molecular formula is C22H29NO5. The lowest BCUT2D eigenvalue weighted by Gasteiger charge is -2.21. The maximum Gasteiger partial charge on any atom is 0.325 e. The molecule has 1 saturated heterocycles. The van der Waals surface area contributed by atoms with Gasteiger partial charge in [-0.15, -0.1) is 0 Å². The Morgan fingerprint density at radius 1 is 1.00 bits per heavy atom. The summed E-state index contributed by atoms with van der Waals surface area (Å²) in [6.07, 6.45) is 0.170. The van der Waals surface area contributed by atoms with Crippen molar-refractivity contribution < 1.29 is 24.1 Å². The number of carbonyl (C=O) groups excluding carboxylic acids is 1. The molecule has 1 aliphatic heterocycles. The molecule has 28 heavy (non-hydrogen) atoms. The van der Waals surface area contributed by atoms with Crippen molar-refractivity contribution in [3.63, 3.8) is 0 Å². The lowest BCUT2D eigenvalue weighted by Crippen LogP contribution is -2.37. The van der Waals surface area contributed by atoms with E-state index in [9.17, 15) is 4.79 Å². The molecule has 6 heteroatoms. The van der Waals surface area contributed by atoms with E-state index in [1.165, 1.54) is 11.1 Å². The molecule has 0 aliphatic carbocycles. The first-order valence-corrected chi connectivity index (χ1v) is 9.36. The van der Waals surface area contributed by atoms with Crippen molar-refractivity contribution in [2.75, 3.05) is 13.2 Å². The first-order valence-electron chi connectivity index (χ1n) is 9.36. The standard InChI is InChI=1S/C15H21NO4.C7H8O/c1-10-3-5-12(6-4-10)20-13-7-11(2)19-15(17)14(16)9-18-8-13;1-6-2-4-7(8)5-3-6/h3-6,11,13-14H,7-9,16H2,1-2H3;2-5,8H,1H3/t11?,13?,14-;/m0./s1. The number of carbonyl (C=O) groups is 1. The number of cyclic esters (lactones) is 1. The third kappa shape index (κ3) is 7.58. The van der Waals surface area contributed by atoms with E-state index in [0.717, 1.165) is 5.75 Å². The second kappa shape index (κ2) is 10.7. The highest BCUT2D eigenvalue weighted by atomic mass is 16.6. The van der Waals surface area contributed by atoms with Gasteiger partial charge in [-0.05, 0) is 45.0 Å². The van der Waals surface area contributed by atoms with Gasteiger partial charge in [0, 0.05) is 6.42 Å². The van der Waals surface area contributed by atoms with Crippen molar-refractivity contribution in [3.05, 3.63) is 59.7 Å². The number of phenols is 1. The predicted octanol–water partition coefficient (Wildman–Crippen LogP) is 3.12. The first-order chi connectivity index (χ1) is 13.3. The smallest absolute Gasteiger partial charge is 0.325 e. The number of benzene rings is 2. The Bertz CT molecular complexity index is 709. The molecule has 0 amide bonds. The van der Waals surface area contributed by atoms with Gasteiger partial charge in [0.25, 0.3) is 0 Å². The number of aromatic hydroxyl groups is 1. The Morgan fingerprint density at radius 3 is 2.14 bits per heavy atom. The fourth-order valence-corrected chi connectivity index (χ4v) is 2.60. The first kappa shape index (κ1) is 21.7. The molecule has 0 saturated carbocycles. The summed E-state index contributed by atoms with van der Waals surface area (Å²) in [5, 5.41) is 8.76. The zero-order chi connectivity index (χ0) is 20.5. The zero-order valence-electron chi connectivity index (χ0n) is 16.6. The summed E-state index contributed by atoms with van der Waals surface area (Å²) in [6.45, 7) is 6.39. The van der Waals surface area contributed by atoms with Crippen LogP contribution in [0.2, 0.25) is 0 Å². The maximum atomic E-state index is 11.6. The molecule has 6 nitrogen and oxygen atoms in total. The molecule has 0 radical (unpaired) electrons. The van der Waals surface area contributed by atoms with E-state index < -0.39 is 12.0 Å². The van der Waals surface area contributed by atoms with Crippen molar-refractivity contribution in [1.82, 2.24) is 0 Å². The third-order valence-electron chi connectivity index (χ3n) is 4.17. The number of nitrogens with two attached hydrogens (primary N) is 1. The summed E-state index contributed by atoms with van der Waals surface area (Å²) in [5.41, 5.74) is 8.00. The minimum absolute atomic E-state index is 0.152. The van der Waals surface area contributed by atoms with Crippen LogP contribution in [0.1, 0.15) is 24.5 Å². The number of esters is 1. The van der Waals surface area contributed by atoms with E-state index >= 15 is 0 Å². The number of ether oxygens (including phenoxy) is 3. The van der Waals surface area contributed by atoms with Crippen LogP contribution in [0.4, 0.5) is 0 Å². The van der Waals surface area contributed by atoms with Gasteiger partial charge in [-0.1, -0.05) is 35.4 Å². The summed E-state index contributed by atoms with van der Waals surface area (Å²) in [5.74, 6) is 0.690. The molecule has 2 unspecified atom stereocenters. The Hall–Kier alpha value is -2.57. The van der Waals surface area contributed by atoms with E-state index in [0.29, 0.717) is 18.8 Å². The van der Waals surface area contributed by atoms with Gasteiger partial charge < -0.3 is 25.1 Å². The summed E-state index contributed by atoms with van der Waals surface area (Å²) >= 11 is 0. The number of aryl methyl sites for hydroxylation is 2. The van der Waals surface area contributed by atoms with Crippen LogP contribution < -0.4 is 10.5 Å². The summed E-state index contributed by atoms with van der Waals surface area (Å²) in [6, 6.07) is 14.2. The van der Waals surface area contributed by atoms with Gasteiger partial charge in [-0.3, -0.25) is 4.79 Å². The monoisotopic (exact) mass is 387 g/mol. The SMILES string of the molecule is Cc1ccc(O)cc1.Cc1ccc(OC2COC[C@H](N)C(=O)OC(C)C2)cc1. The summed E-state index contributed by atoms with van der Waals surface area (Å²) in [4.78, 5) is 11.6. The van der Waals surface area contributed by atoms with Crippen molar-refractivity contribution in [3.8, 4) is 11.5 Å². The van der Waals surface area contributed by atoms with Crippen LogP contribution in [0.3, 0.4) is 0 Å². The molecule has 3 N–H and O–H groups in total.